The van der Waals surface area contributed by atoms with Crippen LogP contribution in [-0.4, -0.2) is 30.1 Å². The van der Waals surface area contributed by atoms with Crippen molar-refractivity contribution in [1.29, 1.82) is 0 Å². The van der Waals surface area contributed by atoms with Crippen molar-refractivity contribution in [3.05, 3.63) is 41.0 Å². The number of hydrogen-bond acceptors (Lipinski definition) is 2. The van der Waals surface area contributed by atoms with E-state index < -0.39 is 0 Å². The Labute approximate surface area is 113 Å². The van der Waals surface area contributed by atoms with Gasteiger partial charge in [-0.1, -0.05) is 31.5 Å². The van der Waals surface area contributed by atoms with E-state index >= 15 is 0 Å². The summed E-state index contributed by atoms with van der Waals surface area (Å²) in [5.41, 5.74) is 5.06. The normalized spacial score (nSPS) is 17.6. The van der Waals surface area contributed by atoms with Crippen LogP contribution in [0.5, 0.6) is 0 Å². The van der Waals surface area contributed by atoms with E-state index in [0.717, 1.165) is 31.5 Å². The molecule has 0 radical (unpaired) electrons. The van der Waals surface area contributed by atoms with Crippen LogP contribution in [0.15, 0.2) is 29.3 Å². The maximum absolute atomic E-state index is 12.0. The molecular formula is C16H18N2O. The molecule has 0 saturated heterocycles. The molecule has 3 nitrogen and oxygen atoms in total. The van der Waals surface area contributed by atoms with Crippen LogP contribution in [-0.2, 0) is 17.6 Å². The lowest BCUT2D eigenvalue weighted by Crippen LogP contribution is -2.36. The number of allylic oxidation sites excluding steroid dienone is 1. The zero-order valence-electron chi connectivity index (χ0n) is 11.2. The molecule has 1 amide bonds. The van der Waals surface area contributed by atoms with Gasteiger partial charge >= 0.3 is 0 Å². The summed E-state index contributed by atoms with van der Waals surface area (Å²) in [5.74, 6) is 0.103. The van der Waals surface area contributed by atoms with Gasteiger partial charge in [-0.25, -0.2) is 0 Å². The van der Waals surface area contributed by atoms with E-state index in [-0.39, 0.29) is 12.5 Å². The minimum atomic E-state index is 0.103. The average Bonchev–Trinajstić information content (AvgIpc) is 2.62. The number of amides is 1. The largest absolute Gasteiger partial charge is 0.310 e. The van der Waals surface area contributed by atoms with Gasteiger partial charge in [0.1, 0.15) is 6.54 Å². The zero-order chi connectivity index (χ0) is 13.2. The van der Waals surface area contributed by atoms with Gasteiger partial charge in [-0.15, -0.1) is 0 Å². The summed E-state index contributed by atoms with van der Waals surface area (Å²) in [7, 11) is 0. The number of carbonyl (C=O) groups excluding carboxylic acids is 1. The van der Waals surface area contributed by atoms with Crippen LogP contribution < -0.4 is 0 Å². The second-order valence-electron chi connectivity index (χ2n) is 5.03. The number of carbonyl (C=O) groups is 1. The summed E-state index contributed by atoms with van der Waals surface area (Å²) in [6.07, 6.45) is 6.94. The molecule has 0 aliphatic carbocycles. The van der Waals surface area contributed by atoms with Crippen molar-refractivity contribution >= 4 is 17.8 Å². The van der Waals surface area contributed by atoms with E-state index in [4.69, 9.17) is 0 Å². The van der Waals surface area contributed by atoms with E-state index in [1.54, 1.807) is 6.21 Å². The molecule has 0 spiro atoms. The monoisotopic (exact) mass is 254 g/mol. The van der Waals surface area contributed by atoms with E-state index in [0.29, 0.717) is 0 Å². The Balaban J connectivity index is 2.09. The average molecular weight is 254 g/mol. The van der Waals surface area contributed by atoms with Gasteiger partial charge < -0.3 is 4.90 Å². The minimum absolute atomic E-state index is 0.103. The van der Waals surface area contributed by atoms with E-state index in [1.165, 1.54) is 16.7 Å². The molecular weight excluding hydrogens is 236 g/mol. The summed E-state index contributed by atoms with van der Waals surface area (Å²) in [6, 6.07) is 6.44. The Morgan fingerprint density at radius 2 is 2.26 bits per heavy atom. The van der Waals surface area contributed by atoms with Crippen molar-refractivity contribution < 1.29 is 4.79 Å². The van der Waals surface area contributed by atoms with Gasteiger partial charge in [0.2, 0.25) is 5.91 Å². The third kappa shape index (κ3) is 2.09. The number of aliphatic imine (C=N–C) groups is 1. The third-order valence-corrected chi connectivity index (χ3v) is 3.81. The minimum Gasteiger partial charge on any atom is -0.310 e. The molecule has 98 valence electrons. The Kier molecular flexibility index (Phi) is 3.20. The van der Waals surface area contributed by atoms with Gasteiger partial charge in [-0.3, -0.25) is 9.79 Å². The van der Waals surface area contributed by atoms with Crippen LogP contribution in [0, 0.1) is 0 Å². The molecule has 0 N–H and O–H groups in total. The van der Waals surface area contributed by atoms with Crippen LogP contribution >= 0.6 is 0 Å². The Morgan fingerprint density at radius 3 is 3.11 bits per heavy atom. The standard InChI is InChI=1S/C16H18N2O/c1-2-4-12-5-3-6-14-13(12)8-10-18-15(14)7-9-17-11-16(18)19/h3,5-7,9H,2,4,8,10-11H2,1H3. The Morgan fingerprint density at radius 1 is 1.37 bits per heavy atom. The molecule has 0 atom stereocenters. The van der Waals surface area contributed by atoms with Crippen molar-refractivity contribution in [2.45, 2.75) is 26.2 Å². The van der Waals surface area contributed by atoms with Crippen molar-refractivity contribution in [1.82, 2.24) is 4.90 Å². The van der Waals surface area contributed by atoms with Gasteiger partial charge in [0.15, 0.2) is 0 Å². The molecule has 2 aliphatic rings. The summed E-state index contributed by atoms with van der Waals surface area (Å²) < 4.78 is 0. The number of aryl methyl sites for hydroxylation is 1. The molecule has 3 heteroatoms. The molecule has 0 saturated carbocycles. The van der Waals surface area contributed by atoms with Crippen LogP contribution in [0.25, 0.3) is 5.70 Å². The first-order valence-corrected chi connectivity index (χ1v) is 6.93. The molecule has 19 heavy (non-hydrogen) atoms. The van der Waals surface area contributed by atoms with Crippen molar-refractivity contribution in [3.63, 3.8) is 0 Å². The maximum atomic E-state index is 12.0. The van der Waals surface area contributed by atoms with E-state index in [1.807, 2.05) is 11.0 Å². The van der Waals surface area contributed by atoms with Crippen LogP contribution in [0.3, 0.4) is 0 Å². The lowest BCUT2D eigenvalue weighted by Gasteiger charge is -2.31. The summed E-state index contributed by atoms with van der Waals surface area (Å²) in [4.78, 5) is 18.0. The van der Waals surface area contributed by atoms with Gasteiger partial charge in [-0.2, -0.15) is 0 Å². The van der Waals surface area contributed by atoms with Gasteiger partial charge in [0.05, 0.1) is 5.70 Å². The third-order valence-electron chi connectivity index (χ3n) is 3.81. The smallest absolute Gasteiger partial charge is 0.248 e. The van der Waals surface area contributed by atoms with Crippen LogP contribution in [0.2, 0.25) is 0 Å². The highest BCUT2D eigenvalue weighted by atomic mass is 16.2. The first-order valence-electron chi connectivity index (χ1n) is 6.93. The first kappa shape index (κ1) is 12.2. The number of fused-ring (bicyclic) bond motifs is 3. The fourth-order valence-corrected chi connectivity index (χ4v) is 2.94. The first-order chi connectivity index (χ1) is 9.31. The number of nitrogens with zero attached hydrogens (tertiary/aromatic N) is 2. The molecule has 3 rings (SSSR count). The van der Waals surface area contributed by atoms with E-state index in [9.17, 15) is 4.79 Å². The number of benzene rings is 1. The molecule has 0 aromatic heterocycles. The quantitative estimate of drug-likeness (QED) is 0.798. The molecule has 0 bridgehead atoms. The fraction of sp³-hybridized carbons (Fsp3) is 0.375. The number of rotatable bonds is 2. The molecule has 1 aromatic rings. The highest BCUT2D eigenvalue weighted by Crippen LogP contribution is 2.31. The zero-order valence-corrected chi connectivity index (χ0v) is 11.2. The second kappa shape index (κ2) is 5.00. The lowest BCUT2D eigenvalue weighted by atomic mass is 9.90. The Bertz CT molecular complexity index is 572. The van der Waals surface area contributed by atoms with Crippen molar-refractivity contribution in [3.8, 4) is 0 Å². The van der Waals surface area contributed by atoms with E-state index in [2.05, 4.69) is 30.1 Å². The molecule has 2 heterocycles. The van der Waals surface area contributed by atoms with Crippen molar-refractivity contribution in [2.75, 3.05) is 13.1 Å². The predicted molar refractivity (Wildman–Crippen MR) is 77.2 cm³/mol. The Hall–Kier alpha value is -1.90. The topological polar surface area (TPSA) is 32.7 Å². The number of hydrogen-bond donors (Lipinski definition) is 0. The molecule has 2 aliphatic heterocycles. The van der Waals surface area contributed by atoms with Gasteiger partial charge in [-0.05, 0) is 30.0 Å². The highest BCUT2D eigenvalue weighted by molar-refractivity contribution is 5.97. The fourth-order valence-electron chi connectivity index (χ4n) is 2.94. The second-order valence-corrected chi connectivity index (χ2v) is 5.03. The van der Waals surface area contributed by atoms with Crippen LogP contribution in [0.4, 0.5) is 0 Å². The molecule has 1 aromatic carbocycles. The summed E-state index contributed by atoms with van der Waals surface area (Å²) >= 11 is 0. The SMILES string of the molecule is CCCc1cccc2c1CCN1C(=O)CN=CC=C21. The maximum Gasteiger partial charge on any atom is 0.248 e. The lowest BCUT2D eigenvalue weighted by molar-refractivity contribution is -0.126. The van der Waals surface area contributed by atoms with Crippen LogP contribution in [0.1, 0.15) is 30.0 Å². The molecule has 0 unspecified atom stereocenters. The molecule has 0 fully saturated rings. The summed E-state index contributed by atoms with van der Waals surface area (Å²) in [6.45, 7) is 3.25. The van der Waals surface area contributed by atoms with Gasteiger partial charge in [0.25, 0.3) is 0 Å². The highest BCUT2D eigenvalue weighted by Gasteiger charge is 2.27. The summed E-state index contributed by atoms with van der Waals surface area (Å²) in [5, 5.41) is 0. The van der Waals surface area contributed by atoms with Crippen molar-refractivity contribution in [2.24, 2.45) is 4.99 Å². The predicted octanol–water partition coefficient (Wildman–Crippen LogP) is 2.45. The van der Waals surface area contributed by atoms with Gasteiger partial charge in [0, 0.05) is 18.3 Å².